The molecular formula is C17H20N2O3S2. The van der Waals surface area contributed by atoms with Crippen LogP contribution in [0.2, 0.25) is 0 Å². The number of sulfonamides is 1. The van der Waals surface area contributed by atoms with E-state index in [0.717, 1.165) is 11.1 Å². The first-order chi connectivity index (χ1) is 11.5. The molecule has 2 heterocycles. The van der Waals surface area contributed by atoms with Crippen molar-refractivity contribution in [3.8, 4) is 0 Å². The minimum absolute atomic E-state index is 0.142. The van der Waals surface area contributed by atoms with Gasteiger partial charge >= 0.3 is 0 Å². The number of rotatable bonds is 5. The van der Waals surface area contributed by atoms with Crippen LogP contribution in [0.5, 0.6) is 0 Å². The summed E-state index contributed by atoms with van der Waals surface area (Å²) in [6.45, 7) is 2.77. The number of anilines is 1. The predicted octanol–water partition coefficient (Wildman–Crippen LogP) is 3.10. The quantitative estimate of drug-likeness (QED) is 0.886. The molecule has 2 aromatic rings. The molecule has 0 spiro atoms. The van der Waals surface area contributed by atoms with E-state index in [4.69, 9.17) is 0 Å². The summed E-state index contributed by atoms with van der Waals surface area (Å²) in [6.07, 6.45) is 1.32. The zero-order valence-electron chi connectivity index (χ0n) is 13.5. The van der Waals surface area contributed by atoms with Gasteiger partial charge in [0, 0.05) is 18.8 Å². The van der Waals surface area contributed by atoms with Gasteiger partial charge in [-0.05, 0) is 47.5 Å². The summed E-state index contributed by atoms with van der Waals surface area (Å²) < 4.78 is 26.1. The summed E-state index contributed by atoms with van der Waals surface area (Å²) in [5.74, 6) is 0.0353. The van der Waals surface area contributed by atoms with E-state index in [2.05, 4.69) is 5.32 Å². The second kappa shape index (κ2) is 7.04. The van der Waals surface area contributed by atoms with Crippen LogP contribution in [0.3, 0.4) is 0 Å². The molecule has 1 aromatic heterocycles. The largest absolute Gasteiger partial charge is 0.321 e. The number of hydrogen-bond donors (Lipinski definition) is 1. The second-order valence-electron chi connectivity index (χ2n) is 5.81. The van der Waals surface area contributed by atoms with E-state index in [-0.39, 0.29) is 11.7 Å². The molecule has 1 N–H and O–H groups in total. The molecule has 0 bridgehead atoms. The molecule has 3 rings (SSSR count). The molecule has 0 atom stereocenters. The van der Waals surface area contributed by atoms with Crippen LogP contribution < -0.4 is 5.32 Å². The average Bonchev–Trinajstić information content (AvgIpc) is 3.08. The predicted molar refractivity (Wildman–Crippen MR) is 96.9 cm³/mol. The number of nitrogens with one attached hydrogen (secondary N) is 1. The molecule has 0 fully saturated rings. The molecule has 0 saturated carbocycles. The van der Waals surface area contributed by atoms with E-state index >= 15 is 0 Å². The highest BCUT2D eigenvalue weighted by Crippen LogP contribution is 2.25. The van der Waals surface area contributed by atoms with Gasteiger partial charge < -0.3 is 5.32 Å². The molecule has 0 aliphatic carbocycles. The van der Waals surface area contributed by atoms with Crippen molar-refractivity contribution in [2.45, 2.75) is 26.3 Å². The smallest absolute Gasteiger partial charge is 0.265 e. The number of thiophene rings is 1. The van der Waals surface area contributed by atoms with Gasteiger partial charge in [-0.1, -0.05) is 19.1 Å². The third kappa shape index (κ3) is 3.68. The van der Waals surface area contributed by atoms with Crippen LogP contribution in [0.1, 0.15) is 34.1 Å². The summed E-state index contributed by atoms with van der Waals surface area (Å²) in [5.41, 5.74) is 2.80. The molecule has 0 radical (unpaired) electrons. The van der Waals surface area contributed by atoms with Crippen molar-refractivity contribution >= 4 is 33.0 Å². The Balaban J connectivity index is 1.77. The Labute approximate surface area is 146 Å². The van der Waals surface area contributed by atoms with Gasteiger partial charge in [0.1, 0.15) is 0 Å². The highest BCUT2D eigenvalue weighted by molar-refractivity contribution is 7.89. The van der Waals surface area contributed by atoms with Crippen molar-refractivity contribution in [3.05, 3.63) is 51.7 Å². The standard InChI is InChI=1S/C17H20N2O3S2/c1-2-10-24(21,22)19-8-7-13-5-6-15(11-14(13)12-19)18-17(20)16-4-3-9-23-16/h3-6,9,11H,2,7-8,10,12H2,1H3,(H,18,20). The van der Waals surface area contributed by atoms with Crippen molar-refractivity contribution in [3.63, 3.8) is 0 Å². The lowest BCUT2D eigenvalue weighted by molar-refractivity contribution is 0.103. The van der Waals surface area contributed by atoms with Gasteiger partial charge in [0.25, 0.3) is 5.91 Å². The van der Waals surface area contributed by atoms with Crippen molar-refractivity contribution in [2.24, 2.45) is 0 Å². The summed E-state index contributed by atoms with van der Waals surface area (Å²) >= 11 is 1.39. The first-order valence-corrected chi connectivity index (χ1v) is 10.4. The number of nitrogens with zero attached hydrogens (tertiary/aromatic N) is 1. The molecule has 1 amide bonds. The van der Waals surface area contributed by atoms with Gasteiger partial charge in [-0.25, -0.2) is 8.42 Å². The Morgan fingerprint density at radius 3 is 2.83 bits per heavy atom. The minimum atomic E-state index is -3.20. The van der Waals surface area contributed by atoms with Crippen molar-refractivity contribution in [2.75, 3.05) is 17.6 Å². The lowest BCUT2D eigenvalue weighted by atomic mass is 10.0. The lowest BCUT2D eigenvalue weighted by Crippen LogP contribution is -2.37. The summed E-state index contributed by atoms with van der Waals surface area (Å²) in [5, 5.41) is 4.74. The van der Waals surface area contributed by atoms with Gasteiger partial charge in [0.2, 0.25) is 10.0 Å². The zero-order valence-corrected chi connectivity index (χ0v) is 15.1. The molecule has 5 nitrogen and oxygen atoms in total. The van der Waals surface area contributed by atoms with Crippen molar-refractivity contribution < 1.29 is 13.2 Å². The number of hydrogen-bond acceptors (Lipinski definition) is 4. The third-order valence-corrected chi connectivity index (χ3v) is 6.93. The van der Waals surface area contributed by atoms with Crippen LogP contribution in [0.4, 0.5) is 5.69 Å². The van der Waals surface area contributed by atoms with Crippen LogP contribution in [0.15, 0.2) is 35.7 Å². The van der Waals surface area contributed by atoms with E-state index in [9.17, 15) is 13.2 Å². The molecule has 24 heavy (non-hydrogen) atoms. The molecule has 1 aliphatic rings. The molecule has 0 saturated heterocycles. The van der Waals surface area contributed by atoms with E-state index in [0.29, 0.717) is 36.5 Å². The highest BCUT2D eigenvalue weighted by atomic mass is 32.2. The van der Waals surface area contributed by atoms with Gasteiger partial charge in [0.15, 0.2) is 0 Å². The molecule has 128 valence electrons. The third-order valence-electron chi connectivity index (χ3n) is 4.04. The maximum atomic E-state index is 12.3. The van der Waals surface area contributed by atoms with Gasteiger partial charge in [0.05, 0.1) is 10.6 Å². The molecular weight excluding hydrogens is 344 g/mol. The SMILES string of the molecule is CCCS(=O)(=O)N1CCc2ccc(NC(=O)c3cccs3)cc2C1. The maximum Gasteiger partial charge on any atom is 0.265 e. The van der Waals surface area contributed by atoms with Crippen LogP contribution in [-0.4, -0.2) is 30.9 Å². The topological polar surface area (TPSA) is 66.5 Å². The highest BCUT2D eigenvalue weighted by Gasteiger charge is 2.26. The minimum Gasteiger partial charge on any atom is -0.321 e. The average molecular weight is 364 g/mol. The monoisotopic (exact) mass is 364 g/mol. The van der Waals surface area contributed by atoms with Crippen LogP contribution in [0, 0.1) is 0 Å². The van der Waals surface area contributed by atoms with Crippen molar-refractivity contribution in [1.29, 1.82) is 0 Å². The normalized spacial score (nSPS) is 15.0. The number of benzene rings is 1. The van der Waals surface area contributed by atoms with Crippen LogP contribution in [0.25, 0.3) is 0 Å². The summed E-state index contributed by atoms with van der Waals surface area (Å²) in [7, 11) is -3.20. The van der Waals surface area contributed by atoms with Gasteiger partial charge in [-0.2, -0.15) is 4.31 Å². The first-order valence-electron chi connectivity index (χ1n) is 7.94. The Morgan fingerprint density at radius 1 is 1.29 bits per heavy atom. The molecule has 0 unspecified atom stereocenters. The van der Waals surface area contributed by atoms with E-state index in [1.807, 2.05) is 36.6 Å². The first kappa shape index (κ1) is 17.1. The fraction of sp³-hybridized carbons (Fsp3) is 0.353. The Bertz CT molecular complexity index is 830. The zero-order chi connectivity index (χ0) is 17.2. The van der Waals surface area contributed by atoms with E-state index in [1.165, 1.54) is 11.3 Å². The van der Waals surface area contributed by atoms with Crippen molar-refractivity contribution in [1.82, 2.24) is 4.31 Å². The molecule has 1 aliphatic heterocycles. The van der Waals surface area contributed by atoms with E-state index in [1.54, 1.807) is 10.4 Å². The second-order valence-corrected chi connectivity index (χ2v) is 8.85. The molecule has 1 aromatic carbocycles. The Kier molecular flexibility index (Phi) is 5.03. The Morgan fingerprint density at radius 2 is 2.12 bits per heavy atom. The number of carbonyl (C=O) groups excluding carboxylic acids is 1. The lowest BCUT2D eigenvalue weighted by Gasteiger charge is -2.28. The fourth-order valence-electron chi connectivity index (χ4n) is 2.83. The Hall–Kier alpha value is -1.70. The van der Waals surface area contributed by atoms with Crippen LogP contribution in [-0.2, 0) is 23.0 Å². The summed E-state index contributed by atoms with van der Waals surface area (Å²) in [4.78, 5) is 12.8. The number of amides is 1. The van der Waals surface area contributed by atoms with E-state index < -0.39 is 10.0 Å². The molecule has 7 heteroatoms. The van der Waals surface area contributed by atoms with Gasteiger partial charge in [-0.15, -0.1) is 11.3 Å². The van der Waals surface area contributed by atoms with Gasteiger partial charge in [-0.3, -0.25) is 4.79 Å². The fourth-order valence-corrected chi connectivity index (χ4v) is 4.93. The maximum absolute atomic E-state index is 12.3. The van der Waals surface area contributed by atoms with Crippen LogP contribution >= 0.6 is 11.3 Å². The number of carbonyl (C=O) groups is 1. The summed E-state index contributed by atoms with van der Waals surface area (Å²) in [6, 6.07) is 9.35. The number of fused-ring (bicyclic) bond motifs is 1.